The molecular formula is C12H15N3O3S. The Morgan fingerprint density at radius 1 is 1.26 bits per heavy atom. The Kier molecular flexibility index (Phi) is 4.06. The fourth-order valence-corrected chi connectivity index (χ4v) is 2.47. The Labute approximate surface area is 111 Å². The molecule has 0 fully saturated rings. The Morgan fingerprint density at radius 3 is 2.58 bits per heavy atom. The number of H-pyrrole nitrogens is 1. The molecule has 1 heterocycles. The summed E-state index contributed by atoms with van der Waals surface area (Å²) in [5, 5.41) is 6.21. The Balaban J connectivity index is 2.12. The number of ether oxygens (including phenoxy) is 1. The van der Waals surface area contributed by atoms with E-state index in [1.54, 1.807) is 12.1 Å². The Bertz CT molecular complexity index is 606. The number of aromatic nitrogens is 2. The quantitative estimate of drug-likeness (QED) is 0.848. The van der Waals surface area contributed by atoms with Crippen molar-refractivity contribution in [2.45, 2.75) is 18.2 Å². The van der Waals surface area contributed by atoms with E-state index in [4.69, 9.17) is 4.74 Å². The van der Waals surface area contributed by atoms with E-state index in [0.717, 1.165) is 6.42 Å². The van der Waals surface area contributed by atoms with Gasteiger partial charge in [0.15, 0.2) is 0 Å². The lowest BCUT2D eigenvalue weighted by atomic mass is 10.3. The number of hydrogen-bond donors (Lipinski definition) is 2. The van der Waals surface area contributed by atoms with Crippen molar-refractivity contribution >= 4 is 15.8 Å². The standard InChI is InChI=1S/C12H15N3O3S/c1-2-9-18-10-3-5-11(6-4-10)19(16,17)15-12-7-8-13-14-12/h3-8H,2,9H2,1H3,(H2,13,14,15). The Morgan fingerprint density at radius 2 is 2.00 bits per heavy atom. The van der Waals surface area contributed by atoms with Gasteiger partial charge in [0.2, 0.25) is 0 Å². The zero-order chi connectivity index (χ0) is 13.7. The molecule has 1 aromatic heterocycles. The molecule has 1 aromatic carbocycles. The summed E-state index contributed by atoms with van der Waals surface area (Å²) in [4.78, 5) is 0.172. The second kappa shape index (κ2) is 5.75. The van der Waals surface area contributed by atoms with Crippen molar-refractivity contribution in [3.05, 3.63) is 36.5 Å². The van der Waals surface area contributed by atoms with Gasteiger partial charge in [0.05, 0.1) is 17.7 Å². The number of rotatable bonds is 6. The van der Waals surface area contributed by atoms with E-state index in [-0.39, 0.29) is 4.90 Å². The summed E-state index contributed by atoms with van der Waals surface area (Å²) >= 11 is 0. The van der Waals surface area contributed by atoms with Gasteiger partial charge >= 0.3 is 0 Å². The number of anilines is 1. The fourth-order valence-electron chi connectivity index (χ4n) is 1.45. The highest BCUT2D eigenvalue weighted by molar-refractivity contribution is 7.92. The molecule has 0 amide bonds. The molecule has 0 saturated heterocycles. The van der Waals surface area contributed by atoms with E-state index in [9.17, 15) is 8.42 Å². The zero-order valence-corrected chi connectivity index (χ0v) is 11.3. The van der Waals surface area contributed by atoms with Crippen molar-refractivity contribution in [3.8, 4) is 5.75 Å². The van der Waals surface area contributed by atoms with E-state index in [1.807, 2.05) is 6.92 Å². The van der Waals surface area contributed by atoms with Gasteiger partial charge in [0.1, 0.15) is 11.6 Å². The number of sulfonamides is 1. The molecule has 0 atom stereocenters. The van der Waals surface area contributed by atoms with Gasteiger partial charge in [-0.15, -0.1) is 0 Å². The summed E-state index contributed by atoms with van der Waals surface area (Å²) in [5.74, 6) is 0.980. The van der Waals surface area contributed by atoms with Crippen molar-refractivity contribution in [2.75, 3.05) is 11.3 Å². The van der Waals surface area contributed by atoms with E-state index in [2.05, 4.69) is 14.9 Å². The second-order valence-electron chi connectivity index (χ2n) is 3.90. The molecule has 6 nitrogen and oxygen atoms in total. The zero-order valence-electron chi connectivity index (χ0n) is 10.5. The van der Waals surface area contributed by atoms with Gasteiger partial charge < -0.3 is 4.74 Å². The van der Waals surface area contributed by atoms with Crippen LogP contribution in [-0.2, 0) is 10.0 Å². The molecule has 0 radical (unpaired) electrons. The third-order valence-corrected chi connectivity index (χ3v) is 3.73. The number of aromatic amines is 1. The number of hydrogen-bond acceptors (Lipinski definition) is 4. The minimum Gasteiger partial charge on any atom is -0.494 e. The van der Waals surface area contributed by atoms with Crippen LogP contribution in [0.4, 0.5) is 5.82 Å². The largest absolute Gasteiger partial charge is 0.494 e. The van der Waals surface area contributed by atoms with Gasteiger partial charge in [0.25, 0.3) is 10.0 Å². The summed E-state index contributed by atoms with van der Waals surface area (Å²) < 4.78 is 31.8. The molecule has 0 aliphatic heterocycles. The SMILES string of the molecule is CCCOc1ccc(S(=O)(=O)Nc2ccn[nH]2)cc1. The molecule has 19 heavy (non-hydrogen) atoms. The van der Waals surface area contributed by atoms with Crippen molar-refractivity contribution < 1.29 is 13.2 Å². The lowest BCUT2D eigenvalue weighted by Crippen LogP contribution is -2.13. The lowest BCUT2D eigenvalue weighted by molar-refractivity contribution is 0.317. The molecule has 0 bridgehead atoms. The van der Waals surface area contributed by atoms with Crippen LogP contribution in [0.2, 0.25) is 0 Å². The lowest BCUT2D eigenvalue weighted by Gasteiger charge is -2.07. The molecule has 0 saturated carbocycles. The average molecular weight is 281 g/mol. The van der Waals surface area contributed by atoms with Crippen molar-refractivity contribution in [1.82, 2.24) is 10.2 Å². The second-order valence-corrected chi connectivity index (χ2v) is 5.58. The van der Waals surface area contributed by atoms with Crippen LogP contribution >= 0.6 is 0 Å². The molecule has 0 aliphatic carbocycles. The number of nitrogens with one attached hydrogen (secondary N) is 2. The highest BCUT2D eigenvalue weighted by Gasteiger charge is 2.14. The maximum atomic E-state index is 12.0. The average Bonchev–Trinajstić information content (AvgIpc) is 2.89. The molecule has 7 heteroatoms. The summed E-state index contributed by atoms with van der Waals surface area (Å²) in [6.07, 6.45) is 2.38. The van der Waals surface area contributed by atoms with Crippen molar-refractivity contribution in [1.29, 1.82) is 0 Å². The van der Waals surface area contributed by atoms with Crippen LogP contribution in [-0.4, -0.2) is 25.2 Å². The smallest absolute Gasteiger partial charge is 0.263 e. The van der Waals surface area contributed by atoms with Gasteiger partial charge in [-0.3, -0.25) is 9.82 Å². The van der Waals surface area contributed by atoms with E-state index in [0.29, 0.717) is 18.2 Å². The van der Waals surface area contributed by atoms with Crippen LogP contribution in [0.15, 0.2) is 41.4 Å². The van der Waals surface area contributed by atoms with Gasteiger partial charge in [-0.05, 0) is 30.7 Å². The summed E-state index contributed by atoms with van der Waals surface area (Å²) in [7, 11) is -3.60. The predicted molar refractivity (Wildman–Crippen MR) is 71.6 cm³/mol. The Hall–Kier alpha value is -2.02. The van der Waals surface area contributed by atoms with Crippen LogP contribution in [0.3, 0.4) is 0 Å². The highest BCUT2D eigenvalue weighted by Crippen LogP contribution is 2.18. The summed E-state index contributed by atoms with van der Waals surface area (Å²) in [5.41, 5.74) is 0. The molecule has 0 spiro atoms. The minimum atomic E-state index is -3.60. The first-order chi connectivity index (χ1) is 9.12. The number of nitrogens with zero attached hydrogens (tertiary/aromatic N) is 1. The molecular weight excluding hydrogens is 266 g/mol. The molecule has 2 rings (SSSR count). The van der Waals surface area contributed by atoms with E-state index in [1.165, 1.54) is 24.4 Å². The van der Waals surface area contributed by atoms with E-state index >= 15 is 0 Å². The molecule has 2 aromatic rings. The molecule has 0 aliphatic rings. The maximum Gasteiger partial charge on any atom is 0.263 e. The van der Waals surface area contributed by atoms with Crippen LogP contribution in [0.1, 0.15) is 13.3 Å². The topological polar surface area (TPSA) is 84.1 Å². The molecule has 0 unspecified atom stereocenters. The van der Waals surface area contributed by atoms with Crippen LogP contribution < -0.4 is 9.46 Å². The third-order valence-electron chi connectivity index (χ3n) is 2.35. The molecule has 102 valence electrons. The van der Waals surface area contributed by atoms with Crippen molar-refractivity contribution in [2.24, 2.45) is 0 Å². The third kappa shape index (κ3) is 3.47. The van der Waals surface area contributed by atoms with Gasteiger partial charge in [-0.1, -0.05) is 6.92 Å². The fraction of sp³-hybridized carbons (Fsp3) is 0.250. The molecule has 2 N–H and O–H groups in total. The minimum absolute atomic E-state index is 0.172. The highest BCUT2D eigenvalue weighted by atomic mass is 32.2. The first-order valence-corrected chi connectivity index (χ1v) is 7.35. The summed E-state index contributed by atoms with van der Waals surface area (Å²) in [6, 6.07) is 7.82. The summed E-state index contributed by atoms with van der Waals surface area (Å²) in [6.45, 7) is 2.62. The van der Waals surface area contributed by atoms with Crippen LogP contribution in [0, 0.1) is 0 Å². The first-order valence-electron chi connectivity index (χ1n) is 5.87. The maximum absolute atomic E-state index is 12.0. The van der Waals surface area contributed by atoms with Crippen LogP contribution in [0.25, 0.3) is 0 Å². The van der Waals surface area contributed by atoms with Crippen LogP contribution in [0.5, 0.6) is 5.75 Å². The predicted octanol–water partition coefficient (Wildman–Crippen LogP) is 2.00. The van der Waals surface area contributed by atoms with Gasteiger partial charge in [-0.25, -0.2) is 8.42 Å². The number of benzene rings is 1. The van der Waals surface area contributed by atoms with E-state index < -0.39 is 10.0 Å². The van der Waals surface area contributed by atoms with Crippen molar-refractivity contribution in [3.63, 3.8) is 0 Å². The normalized spacial score (nSPS) is 11.2. The monoisotopic (exact) mass is 281 g/mol. The first kappa shape index (κ1) is 13.4. The van der Waals surface area contributed by atoms with Gasteiger partial charge in [-0.2, -0.15) is 5.10 Å². The van der Waals surface area contributed by atoms with Gasteiger partial charge in [0, 0.05) is 6.07 Å².